The Bertz CT molecular complexity index is 863. The van der Waals surface area contributed by atoms with Crippen molar-refractivity contribution in [2.45, 2.75) is 0 Å². The van der Waals surface area contributed by atoms with Gasteiger partial charge in [0, 0.05) is 16.7 Å². The SMILES string of the molecule is C#CCOc1ccc(OC)cc1C=C1C(=O)c2ccccc2C1=O. The van der Waals surface area contributed by atoms with Crippen LogP contribution in [0.2, 0.25) is 0 Å². The highest BCUT2D eigenvalue weighted by Crippen LogP contribution is 2.31. The number of terminal acetylenes is 1. The highest BCUT2D eigenvalue weighted by molar-refractivity contribution is 6.41. The highest BCUT2D eigenvalue weighted by Gasteiger charge is 2.32. The summed E-state index contributed by atoms with van der Waals surface area (Å²) in [6.45, 7) is 0.0879. The van der Waals surface area contributed by atoms with E-state index in [0.717, 1.165) is 0 Å². The number of ketones is 2. The number of rotatable bonds is 4. The van der Waals surface area contributed by atoms with Gasteiger partial charge in [0.1, 0.15) is 18.1 Å². The Hall–Kier alpha value is -3.32. The van der Waals surface area contributed by atoms with Crippen molar-refractivity contribution in [3.05, 3.63) is 64.7 Å². The monoisotopic (exact) mass is 318 g/mol. The maximum atomic E-state index is 12.5. The fourth-order valence-corrected chi connectivity index (χ4v) is 2.58. The van der Waals surface area contributed by atoms with Crippen molar-refractivity contribution in [1.82, 2.24) is 0 Å². The van der Waals surface area contributed by atoms with Crippen molar-refractivity contribution in [1.29, 1.82) is 0 Å². The maximum absolute atomic E-state index is 12.5. The zero-order chi connectivity index (χ0) is 17.1. The lowest BCUT2D eigenvalue weighted by atomic mass is 10.1. The Kier molecular flexibility index (Phi) is 4.17. The number of hydrogen-bond donors (Lipinski definition) is 0. The first-order valence-electron chi connectivity index (χ1n) is 7.30. The van der Waals surface area contributed by atoms with E-state index in [1.54, 1.807) is 42.5 Å². The molecule has 0 bridgehead atoms. The van der Waals surface area contributed by atoms with Crippen molar-refractivity contribution in [2.75, 3.05) is 13.7 Å². The molecule has 2 aromatic carbocycles. The molecule has 24 heavy (non-hydrogen) atoms. The Labute approximate surface area is 139 Å². The summed E-state index contributed by atoms with van der Waals surface area (Å²) >= 11 is 0. The number of carbonyl (C=O) groups excluding carboxylic acids is 2. The third-order valence-electron chi connectivity index (χ3n) is 3.73. The van der Waals surface area contributed by atoms with E-state index in [9.17, 15) is 9.59 Å². The lowest BCUT2D eigenvalue weighted by Gasteiger charge is -2.09. The molecular formula is C20H14O4. The molecule has 0 heterocycles. The largest absolute Gasteiger partial charge is 0.497 e. The molecule has 4 nitrogen and oxygen atoms in total. The lowest BCUT2D eigenvalue weighted by Crippen LogP contribution is -2.02. The van der Waals surface area contributed by atoms with Gasteiger partial charge in [-0.25, -0.2) is 0 Å². The molecule has 0 saturated heterocycles. The van der Waals surface area contributed by atoms with Crippen molar-refractivity contribution in [2.24, 2.45) is 0 Å². The summed E-state index contributed by atoms with van der Waals surface area (Å²) in [7, 11) is 1.54. The summed E-state index contributed by atoms with van der Waals surface area (Å²) in [5.41, 5.74) is 1.51. The van der Waals surface area contributed by atoms with Gasteiger partial charge in [-0.2, -0.15) is 0 Å². The fraction of sp³-hybridized carbons (Fsp3) is 0.100. The van der Waals surface area contributed by atoms with Crippen LogP contribution in [-0.4, -0.2) is 25.3 Å². The number of ether oxygens (including phenoxy) is 2. The first-order valence-corrected chi connectivity index (χ1v) is 7.30. The van der Waals surface area contributed by atoms with Crippen LogP contribution in [-0.2, 0) is 0 Å². The van der Waals surface area contributed by atoms with Crippen LogP contribution in [0.1, 0.15) is 26.3 Å². The van der Waals surface area contributed by atoms with Crippen LogP contribution < -0.4 is 9.47 Å². The van der Waals surface area contributed by atoms with Gasteiger partial charge in [0.2, 0.25) is 0 Å². The summed E-state index contributed by atoms with van der Waals surface area (Å²) in [6.07, 6.45) is 6.75. The molecule has 3 rings (SSSR count). The average molecular weight is 318 g/mol. The zero-order valence-electron chi connectivity index (χ0n) is 13.0. The number of allylic oxidation sites excluding steroid dienone is 1. The second-order valence-corrected chi connectivity index (χ2v) is 5.16. The minimum absolute atomic E-state index is 0.0879. The van der Waals surface area contributed by atoms with Gasteiger partial charge in [-0.3, -0.25) is 9.59 Å². The third kappa shape index (κ3) is 2.68. The predicted octanol–water partition coefficient (Wildman–Crippen LogP) is 3.17. The summed E-state index contributed by atoms with van der Waals surface area (Å²) in [6, 6.07) is 11.9. The van der Waals surface area contributed by atoms with Gasteiger partial charge in [0.25, 0.3) is 0 Å². The van der Waals surface area contributed by atoms with Gasteiger partial charge < -0.3 is 9.47 Å². The topological polar surface area (TPSA) is 52.6 Å². The quantitative estimate of drug-likeness (QED) is 0.493. The zero-order valence-corrected chi connectivity index (χ0v) is 13.0. The standard InChI is InChI=1S/C20H14O4/c1-3-10-24-18-9-8-14(23-2)11-13(18)12-17-19(21)15-6-4-5-7-16(15)20(17)22/h1,4-9,11-12H,10H2,2H3. The van der Waals surface area contributed by atoms with E-state index in [1.165, 1.54) is 13.2 Å². The molecule has 118 valence electrons. The molecule has 0 fully saturated rings. The normalized spacial score (nSPS) is 12.6. The van der Waals surface area contributed by atoms with Gasteiger partial charge in [-0.15, -0.1) is 6.42 Å². The molecule has 0 radical (unpaired) electrons. The fourth-order valence-electron chi connectivity index (χ4n) is 2.58. The number of hydrogen-bond acceptors (Lipinski definition) is 4. The molecule has 1 aliphatic rings. The van der Waals surface area contributed by atoms with E-state index in [0.29, 0.717) is 28.2 Å². The number of benzene rings is 2. The molecule has 4 heteroatoms. The summed E-state index contributed by atoms with van der Waals surface area (Å²) in [4.78, 5) is 25.0. The minimum Gasteiger partial charge on any atom is -0.497 e. The molecule has 0 N–H and O–H groups in total. The molecule has 2 aromatic rings. The van der Waals surface area contributed by atoms with Crippen LogP contribution in [0.15, 0.2) is 48.0 Å². The Morgan fingerprint density at radius 3 is 2.33 bits per heavy atom. The highest BCUT2D eigenvalue weighted by atomic mass is 16.5. The maximum Gasteiger partial charge on any atom is 0.197 e. The van der Waals surface area contributed by atoms with E-state index >= 15 is 0 Å². The van der Waals surface area contributed by atoms with Crippen molar-refractivity contribution in [3.8, 4) is 23.8 Å². The summed E-state index contributed by atoms with van der Waals surface area (Å²) in [5.74, 6) is 2.88. The van der Waals surface area contributed by atoms with Crippen LogP contribution >= 0.6 is 0 Å². The summed E-state index contributed by atoms with van der Waals surface area (Å²) < 4.78 is 10.7. The molecule has 0 atom stereocenters. The second kappa shape index (κ2) is 6.43. The van der Waals surface area contributed by atoms with E-state index in [1.807, 2.05) is 0 Å². The predicted molar refractivity (Wildman–Crippen MR) is 90.4 cm³/mol. The minimum atomic E-state index is -0.290. The van der Waals surface area contributed by atoms with Crippen LogP contribution in [0.5, 0.6) is 11.5 Å². The first kappa shape index (κ1) is 15.6. The van der Waals surface area contributed by atoms with E-state index in [-0.39, 0.29) is 23.7 Å². The number of carbonyl (C=O) groups is 2. The third-order valence-corrected chi connectivity index (χ3v) is 3.73. The average Bonchev–Trinajstić information content (AvgIpc) is 2.86. The van der Waals surface area contributed by atoms with Gasteiger partial charge in [0.05, 0.1) is 12.7 Å². The number of Topliss-reactive ketones (excluding diaryl/α,β-unsaturated/α-hetero) is 2. The smallest absolute Gasteiger partial charge is 0.197 e. The first-order chi connectivity index (χ1) is 11.7. The van der Waals surface area contributed by atoms with Gasteiger partial charge in [-0.1, -0.05) is 30.2 Å². The van der Waals surface area contributed by atoms with Crippen LogP contribution in [0.4, 0.5) is 0 Å². The van der Waals surface area contributed by atoms with Crippen molar-refractivity contribution >= 4 is 17.6 Å². The van der Waals surface area contributed by atoms with Crippen molar-refractivity contribution in [3.63, 3.8) is 0 Å². The van der Waals surface area contributed by atoms with E-state index in [2.05, 4.69) is 5.92 Å². The van der Waals surface area contributed by atoms with Crippen LogP contribution in [0.25, 0.3) is 6.08 Å². The molecule has 0 saturated carbocycles. The van der Waals surface area contributed by atoms with Crippen molar-refractivity contribution < 1.29 is 19.1 Å². The molecule has 0 spiro atoms. The van der Waals surface area contributed by atoms with Gasteiger partial charge >= 0.3 is 0 Å². The lowest BCUT2D eigenvalue weighted by molar-refractivity contribution is 0.0990. The van der Waals surface area contributed by atoms with E-state index in [4.69, 9.17) is 15.9 Å². The molecular weight excluding hydrogens is 304 g/mol. The number of methoxy groups -OCH3 is 1. The second-order valence-electron chi connectivity index (χ2n) is 5.16. The van der Waals surface area contributed by atoms with E-state index < -0.39 is 0 Å². The van der Waals surface area contributed by atoms with Gasteiger partial charge in [0.15, 0.2) is 11.6 Å². The Balaban J connectivity index is 2.07. The van der Waals surface area contributed by atoms with Crippen LogP contribution in [0.3, 0.4) is 0 Å². The molecule has 0 aliphatic heterocycles. The summed E-state index contributed by atoms with van der Waals surface area (Å²) in [5, 5.41) is 0. The van der Waals surface area contributed by atoms with Gasteiger partial charge in [-0.05, 0) is 24.3 Å². The molecule has 0 aromatic heterocycles. The molecule has 1 aliphatic carbocycles. The molecule has 0 amide bonds. The van der Waals surface area contributed by atoms with Crippen LogP contribution in [0, 0.1) is 12.3 Å². The Morgan fingerprint density at radius 1 is 1.08 bits per heavy atom. The number of fused-ring (bicyclic) bond motifs is 1. The molecule has 0 unspecified atom stereocenters. The Morgan fingerprint density at radius 2 is 1.75 bits per heavy atom.